The highest BCUT2D eigenvalue weighted by Gasteiger charge is 2.34. The van der Waals surface area contributed by atoms with Gasteiger partial charge in [-0.15, -0.1) is 12.4 Å². The van der Waals surface area contributed by atoms with Crippen LogP contribution < -0.4 is 16.0 Å². The van der Waals surface area contributed by atoms with Gasteiger partial charge in [-0.05, 0) is 50.6 Å². The molecule has 1 aromatic carbocycles. The molecule has 7 heteroatoms. The minimum absolute atomic E-state index is 0. The Morgan fingerprint density at radius 1 is 1.25 bits per heavy atom. The van der Waals surface area contributed by atoms with Crippen LogP contribution in [0.3, 0.4) is 0 Å². The van der Waals surface area contributed by atoms with Crippen molar-refractivity contribution in [3.05, 3.63) is 35.4 Å². The maximum Gasteiger partial charge on any atom is 0.251 e. The highest BCUT2D eigenvalue weighted by atomic mass is 35.5. The van der Waals surface area contributed by atoms with Gasteiger partial charge in [0, 0.05) is 43.8 Å². The van der Waals surface area contributed by atoms with E-state index in [0.717, 1.165) is 38.4 Å². The molecule has 2 aliphatic rings. The zero-order chi connectivity index (χ0) is 19.1. The maximum atomic E-state index is 12.2. The second kappa shape index (κ2) is 11.7. The van der Waals surface area contributed by atoms with Gasteiger partial charge in [-0.3, -0.25) is 4.79 Å². The summed E-state index contributed by atoms with van der Waals surface area (Å²) in [4.78, 5) is 14.2. The Kier molecular flexibility index (Phi) is 9.68. The number of likely N-dealkylation sites (N-methyl/N-ethyl adjacent to an activating group) is 1. The molecule has 1 heterocycles. The van der Waals surface area contributed by atoms with Crippen LogP contribution >= 0.6 is 12.4 Å². The van der Waals surface area contributed by atoms with Crippen LogP contribution in [0.2, 0.25) is 0 Å². The summed E-state index contributed by atoms with van der Waals surface area (Å²) in [6, 6.07) is 8.97. The van der Waals surface area contributed by atoms with E-state index >= 15 is 0 Å². The van der Waals surface area contributed by atoms with E-state index in [1.807, 2.05) is 26.2 Å². The number of hydrogen-bond acceptors (Lipinski definition) is 5. The molecule has 3 N–H and O–H groups in total. The number of benzene rings is 1. The van der Waals surface area contributed by atoms with E-state index in [0.29, 0.717) is 24.5 Å². The Morgan fingerprint density at radius 2 is 2.04 bits per heavy atom. The minimum atomic E-state index is -0.00408. The molecule has 6 nitrogen and oxygen atoms in total. The smallest absolute Gasteiger partial charge is 0.251 e. The lowest BCUT2D eigenvalue weighted by atomic mass is 9.94. The van der Waals surface area contributed by atoms with Crippen molar-refractivity contribution in [3.63, 3.8) is 0 Å². The summed E-state index contributed by atoms with van der Waals surface area (Å²) >= 11 is 0. The first-order chi connectivity index (χ1) is 13.1. The number of nitrogens with zero attached hydrogens (tertiary/aromatic N) is 1. The number of rotatable bonds is 8. The Hall–Kier alpha value is -1.18. The van der Waals surface area contributed by atoms with E-state index in [-0.39, 0.29) is 18.3 Å². The number of ether oxygens (including phenoxy) is 1. The molecular formula is C21H35ClN4O2. The van der Waals surface area contributed by atoms with Gasteiger partial charge in [0.1, 0.15) is 0 Å². The Balaban J connectivity index is 0.00000280. The van der Waals surface area contributed by atoms with Crippen molar-refractivity contribution >= 4 is 18.3 Å². The van der Waals surface area contributed by atoms with Crippen LogP contribution in [0, 0.1) is 5.92 Å². The van der Waals surface area contributed by atoms with Crippen LogP contribution in [0.25, 0.3) is 0 Å². The van der Waals surface area contributed by atoms with Crippen molar-refractivity contribution in [1.82, 2.24) is 20.9 Å². The third-order valence-electron chi connectivity index (χ3n) is 5.67. The van der Waals surface area contributed by atoms with Crippen molar-refractivity contribution in [2.45, 2.75) is 37.9 Å². The quantitative estimate of drug-likeness (QED) is 0.608. The van der Waals surface area contributed by atoms with E-state index in [9.17, 15) is 4.79 Å². The average molecular weight is 411 g/mol. The standard InChI is InChI=1S/C21H34N4O2.ClH/c1-25(2)12-10-23-21(26)17-8-6-16(7-9-17)14-24-19-5-3-4-18(19)20-15-27-13-11-22-20;/h6-9,18-20,22,24H,3-5,10-15H2,1-2H3,(H,23,26);1H. The van der Waals surface area contributed by atoms with Gasteiger partial charge in [-0.25, -0.2) is 0 Å². The summed E-state index contributed by atoms with van der Waals surface area (Å²) in [5, 5.41) is 10.3. The largest absolute Gasteiger partial charge is 0.379 e. The number of carbonyl (C=O) groups is 1. The lowest BCUT2D eigenvalue weighted by Gasteiger charge is -2.33. The van der Waals surface area contributed by atoms with Gasteiger partial charge < -0.3 is 25.6 Å². The average Bonchev–Trinajstić information content (AvgIpc) is 3.16. The molecule has 1 aromatic rings. The molecule has 28 heavy (non-hydrogen) atoms. The molecule has 0 radical (unpaired) electrons. The van der Waals surface area contributed by atoms with E-state index in [1.165, 1.54) is 24.8 Å². The lowest BCUT2D eigenvalue weighted by molar-refractivity contribution is 0.0524. The molecule has 2 fully saturated rings. The van der Waals surface area contributed by atoms with E-state index < -0.39 is 0 Å². The number of hydrogen-bond donors (Lipinski definition) is 3. The second-order valence-electron chi connectivity index (χ2n) is 7.97. The first-order valence-corrected chi connectivity index (χ1v) is 10.2. The number of nitrogens with one attached hydrogen (secondary N) is 3. The molecule has 3 unspecified atom stereocenters. The predicted octanol–water partition coefficient (Wildman–Crippen LogP) is 1.65. The van der Waals surface area contributed by atoms with Gasteiger partial charge in [-0.2, -0.15) is 0 Å². The minimum Gasteiger partial charge on any atom is -0.379 e. The van der Waals surface area contributed by atoms with Crippen LogP contribution in [0.1, 0.15) is 35.2 Å². The fourth-order valence-corrected chi connectivity index (χ4v) is 4.10. The molecule has 1 aliphatic carbocycles. The number of halogens is 1. The van der Waals surface area contributed by atoms with E-state index in [1.54, 1.807) is 0 Å². The van der Waals surface area contributed by atoms with Crippen LogP contribution in [0.15, 0.2) is 24.3 Å². The van der Waals surface area contributed by atoms with E-state index in [4.69, 9.17) is 4.74 Å². The number of carbonyl (C=O) groups excluding carboxylic acids is 1. The van der Waals surface area contributed by atoms with Crippen LogP contribution in [0.4, 0.5) is 0 Å². The molecule has 0 bridgehead atoms. The molecule has 1 saturated carbocycles. The van der Waals surface area contributed by atoms with Crippen molar-refractivity contribution < 1.29 is 9.53 Å². The monoisotopic (exact) mass is 410 g/mol. The van der Waals surface area contributed by atoms with Crippen molar-refractivity contribution in [2.75, 3.05) is 46.9 Å². The molecule has 1 amide bonds. The van der Waals surface area contributed by atoms with Crippen molar-refractivity contribution in [3.8, 4) is 0 Å². The van der Waals surface area contributed by atoms with Gasteiger partial charge in [0.15, 0.2) is 0 Å². The van der Waals surface area contributed by atoms with Gasteiger partial charge in [-0.1, -0.05) is 18.6 Å². The molecule has 0 spiro atoms. The lowest BCUT2D eigenvalue weighted by Crippen LogP contribution is -2.50. The van der Waals surface area contributed by atoms with Crippen LogP contribution in [-0.4, -0.2) is 69.8 Å². The molecule has 3 atom stereocenters. The molecule has 0 aromatic heterocycles. The number of morpholine rings is 1. The summed E-state index contributed by atoms with van der Waals surface area (Å²) in [7, 11) is 4.00. The molecular weight excluding hydrogens is 376 g/mol. The van der Waals surface area contributed by atoms with Crippen molar-refractivity contribution in [1.29, 1.82) is 0 Å². The SMILES string of the molecule is CN(C)CCNC(=O)c1ccc(CNC2CCCC2C2COCCN2)cc1.Cl. The highest BCUT2D eigenvalue weighted by molar-refractivity contribution is 5.94. The first kappa shape index (κ1) is 23.1. The summed E-state index contributed by atoms with van der Waals surface area (Å²) in [5.41, 5.74) is 1.94. The fourth-order valence-electron chi connectivity index (χ4n) is 4.10. The molecule has 158 valence electrons. The Morgan fingerprint density at radius 3 is 2.71 bits per heavy atom. The van der Waals surface area contributed by atoms with Crippen LogP contribution in [-0.2, 0) is 11.3 Å². The molecule has 3 rings (SSSR count). The summed E-state index contributed by atoms with van der Waals surface area (Å²) in [6.45, 7) is 4.98. The number of amides is 1. The third kappa shape index (κ3) is 6.71. The molecule has 1 aliphatic heterocycles. The summed E-state index contributed by atoms with van der Waals surface area (Å²) < 4.78 is 5.65. The summed E-state index contributed by atoms with van der Waals surface area (Å²) in [5.74, 6) is 0.641. The zero-order valence-electron chi connectivity index (χ0n) is 17.1. The third-order valence-corrected chi connectivity index (χ3v) is 5.67. The highest BCUT2D eigenvalue weighted by Crippen LogP contribution is 2.29. The zero-order valence-corrected chi connectivity index (χ0v) is 17.9. The normalized spacial score (nSPS) is 24.8. The predicted molar refractivity (Wildman–Crippen MR) is 115 cm³/mol. The van der Waals surface area contributed by atoms with Gasteiger partial charge in [0.2, 0.25) is 0 Å². The molecule has 1 saturated heterocycles. The van der Waals surface area contributed by atoms with Crippen LogP contribution in [0.5, 0.6) is 0 Å². The van der Waals surface area contributed by atoms with E-state index in [2.05, 4.69) is 33.0 Å². The Labute approximate surface area is 175 Å². The fraction of sp³-hybridized carbons (Fsp3) is 0.667. The Bertz CT molecular complexity index is 591. The van der Waals surface area contributed by atoms with Crippen molar-refractivity contribution in [2.24, 2.45) is 5.92 Å². The van der Waals surface area contributed by atoms with Gasteiger partial charge >= 0.3 is 0 Å². The van der Waals surface area contributed by atoms with Gasteiger partial charge in [0.05, 0.1) is 13.2 Å². The summed E-state index contributed by atoms with van der Waals surface area (Å²) in [6.07, 6.45) is 3.78. The second-order valence-corrected chi connectivity index (χ2v) is 7.97. The first-order valence-electron chi connectivity index (χ1n) is 10.2. The van der Waals surface area contributed by atoms with Gasteiger partial charge in [0.25, 0.3) is 5.91 Å². The topological polar surface area (TPSA) is 65.6 Å². The maximum absolute atomic E-state index is 12.2.